The van der Waals surface area contributed by atoms with E-state index in [1.807, 2.05) is 0 Å². The van der Waals surface area contributed by atoms with Gasteiger partial charge in [0, 0.05) is 21.7 Å². The highest BCUT2D eigenvalue weighted by molar-refractivity contribution is 7.94. The summed E-state index contributed by atoms with van der Waals surface area (Å²) in [5.41, 5.74) is 11.0. The minimum atomic E-state index is -4.74. The molecule has 5 rings (SSSR count). The van der Waals surface area contributed by atoms with Gasteiger partial charge in [-0.3, -0.25) is 13.9 Å². The maximum Gasteiger partial charge on any atom is 0.296 e. The number of nitrogens with two attached hydrogens (primary N) is 2. The van der Waals surface area contributed by atoms with Gasteiger partial charge in [-0.2, -0.15) is 16.8 Å². The maximum atomic E-state index is 12.0. The molecule has 0 bridgehead atoms. The average molecular weight is 731 g/mol. The third-order valence-electron chi connectivity index (χ3n) is 6.84. The van der Waals surface area contributed by atoms with Crippen molar-refractivity contribution in [1.29, 1.82) is 0 Å². The Morgan fingerprint density at radius 1 is 0.796 bits per heavy atom. The lowest BCUT2D eigenvalue weighted by molar-refractivity contribution is -0.432. The van der Waals surface area contributed by atoms with E-state index in [9.17, 15) is 35.8 Å². The van der Waals surface area contributed by atoms with E-state index in [2.05, 4.69) is 29.8 Å². The van der Waals surface area contributed by atoms with Gasteiger partial charge in [0.15, 0.2) is 5.75 Å². The lowest BCUT2D eigenvalue weighted by Crippen LogP contribution is -2.10. The molecular formula is C28H22N6O12S3. The molecule has 49 heavy (non-hydrogen) atoms. The Labute approximate surface area is 280 Å². The summed E-state index contributed by atoms with van der Waals surface area (Å²) < 4.78 is 76.6. The van der Waals surface area contributed by atoms with Crippen molar-refractivity contribution in [2.45, 2.75) is 14.7 Å². The van der Waals surface area contributed by atoms with Gasteiger partial charge in [-0.15, -0.1) is 24.8 Å². The van der Waals surface area contributed by atoms with Crippen LogP contribution in [-0.4, -0.2) is 49.3 Å². The number of methoxy groups -OCH3 is 1. The standard InChI is InChI=1S/C28H22N6O12S3/c1-44-23-7-2-13(28(30)36)8-22(23)33-31-20-5-6-21(18-11-15(48(38,39)40)3-4-16(18)20)32-34-26-24(47-46-45-37)9-14-10-25(49(41,42)43)19(29)12-17(14)27(26)35/h2-12,35,37H,29H2,1H3,(H2,30,36)(H,38,39,40)(H,41,42,43). The first-order valence-electron chi connectivity index (χ1n) is 13.2. The summed E-state index contributed by atoms with van der Waals surface area (Å²) in [5.74, 6) is -1.02. The third-order valence-corrected chi connectivity index (χ3v) is 9.22. The van der Waals surface area contributed by atoms with Gasteiger partial charge < -0.3 is 21.3 Å². The largest absolute Gasteiger partial charge is 0.505 e. The molecule has 0 spiro atoms. The molecule has 0 unspecified atom stereocenters. The molecule has 254 valence electrons. The number of aromatic hydroxyl groups is 1. The molecule has 0 heterocycles. The molecule has 0 saturated carbocycles. The van der Waals surface area contributed by atoms with Crippen LogP contribution in [0.5, 0.6) is 11.5 Å². The SMILES string of the molecule is COc1ccc(C(N)=O)cc1N=Nc1ccc(N=Nc2c(SOOO)cc3cc(S(=O)(=O)O)c(N)cc3c2O)c2cc(S(=O)(=O)O)ccc12. The highest BCUT2D eigenvalue weighted by atomic mass is 32.2. The molecule has 5 aromatic rings. The highest BCUT2D eigenvalue weighted by Gasteiger charge is 2.21. The number of carbonyl (C=O) groups is 1. The van der Waals surface area contributed by atoms with E-state index in [1.165, 1.54) is 49.6 Å². The molecule has 0 atom stereocenters. The Morgan fingerprint density at radius 3 is 2.10 bits per heavy atom. The number of phenols is 1. The van der Waals surface area contributed by atoms with Crippen LogP contribution in [0.1, 0.15) is 10.4 Å². The number of anilines is 1. The van der Waals surface area contributed by atoms with Crippen LogP contribution in [0.2, 0.25) is 0 Å². The first kappa shape index (κ1) is 35.1. The van der Waals surface area contributed by atoms with Crippen molar-refractivity contribution in [3.05, 3.63) is 72.3 Å². The monoisotopic (exact) mass is 730 g/mol. The number of fused-ring (bicyclic) bond motifs is 2. The Hall–Kier alpha value is -5.26. The van der Waals surface area contributed by atoms with Gasteiger partial charge in [0.25, 0.3) is 20.2 Å². The lowest BCUT2D eigenvalue weighted by atomic mass is 10.1. The summed E-state index contributed by atoms with van der Waals surface area (Å²) in [6, 6.07) is 14.0. The Kier molecular flexibility index (Phi) is 9.80. The average Bonchev–Trinajstić information content (AvgIpc) is 3.05. The lowest BCUT2D eigenvalue weighted by Gasteiger charge is -2.12. The van der Waals surface area contributed by atoms with E-state index >= 15 is 0 Å². The number of nitrogen functional groups attached to an aromatic ring is 1. The zero-order valence-electron chi connectivity index (χ0n) is 24.6. The number of carbonyl (C=O) groups excluding carboxylic acids is 1. The molecule has 5 aromatic carbocycles. The van der Waals surface area contributed by atoms with Crippen LogP contribution in [0.3, 0.4) is 0 Å². The Balaban J connectivity index is 1.68. The summed E-state index contributed by atoms with van der Waals surface area (Å²) in [6.07, 6.45) is 0. The van der Waals surface area contributed by atoms with E-state index in [-0.39, 0.29) is 60.5 Å². The van der Waals surface area contributed by atoms with Gasteiger partial charge in [0.1, 0.15) is 22.0 Å². The molecule has 18 nitrogen and oxygen atoms in total. The summed E-state index contributed by atoms with van der Waals surface area (Å²) in [6.45, 7) is 0. The van der Waals surface area contributed by atoms with Gasteiger partial charge in [-0.1, -0.05) is 11.1 Å². The number of hydrogen-bond donors (Lipinski definition) is 6. The zero-order chi connectivity index (χ0) is 35.7. The van der Waals surface area contributed by atoms with Gasteiger partial charge in [0.05, 0.1) is 46.0 Å². The minimum absolute atomic E-state index is 0.00349. The van der Waals surface area contributed by atoms with E-state index in [4.69, 9.17) is 21.5 Å². The predicted octanol–water partition coefficient (Wildman–Crippen LogP) is 6.14. The molecule has 21 heteroatoms. The molecule has 0 aliphatic rings. The van der Waals surface area contributed by atoms with Gasteiger partial charge in [0.2, 0.25) is 5.91 Å². The molecule has 0 fully saturated rings. The van der Waals surface area contributed by atoms with Crippen molar-refractivity contribution in [2.75, 3.05) is 12.8 Å². The highest BCUT2D eigenvalue weighted by Crippen LogP contribution is 2.46. The number of ether oxygens (including phenoxy) is 1. The van der Waals surface area contributed by atoms with E-state index in [0.29, 0.717) is 12.0 Å². The van der Waals surface area contributed by atoms with Crippen LogP contribution in [-0.2, 0) is 29.6 Å². The van der Waals surface area contributed by atoms with Crippen LogP contribution in [0, 0.1) is 0 Å². The molecule has 0 radical (unpaired) electrons. The summed E-state index contributed by atoms with van der Waals surface area (Å²) in [5, 5.41) is 40.6. The quantitative estimate of drug-likeness (QED) is 0.0222. The number of nitrogens with zero attached hydrogens (tertiary/aromatic N) is 4. The topological polar surface area (TPSA) is 295 Å². The second-order valence-corrected chi connectivity index (χ2v) is 13.4. The smallest absolute Gasteiger partial charge is 0.296 e. The van der Waals surface area contributed by atoms with Crippen molar-refractivity contribution in [1.82, 2.24) is 0 Å². The van der Waals surface area contributed by atoms with Crippen LogP contribution < -0.4 is 16.2 Å². The Bertz CT molecular complexity index is 2440. The molecular weight excluding hydrogens is 709 g/mol. The molecule has 0 saturated heterocycles. The van der Waals surface area contributed by atoms with E-state index < -0.39 is 47.4 Å². The minimum Gasteiger partial charge on any atom is -0.505 e. The molecule has 0 aliphatic heterocycles. The Morgan fingerprint density at radius 2 is 1.47 bits per heavy atom. The second-order valence-electron chi connectivity index (χ2n) is 9.82. The number of rotatable bonds is 11. The van der Waals surface area contributed by atoms with Crippen molar-refractivity contribution in [3.8, 4) is 11.5 Å². The number of primary amides is 1. The number of azo groups is 2. The van der Waals surface area contributed by atoms with Crippen LogP contribution in [0.4, 0.5) is 28.4 Å². The van der Waals surface area contributed by atoms with E-state index in [1.54, 1.807) is 0 Å². The van der Waals surface area contributed by atoms with Crippen molar-refractivity contribution in [2.24, 2.45) is 26.2 Å². The first-order chi connectivity index (χ1) is 23.1. The molecule has 0 aliphatic carbocycles. The van der Waals surface area contributed by atoms with Crippen LogP contribution in [0.15, 0.2) is 102 Å². The number of phenolic OH excluding ortho intramolecular Hbond substituents is 1. The summed E-state index contributed by atoms with van der Waals surface area (Å²) in [4.78, 5) is 10.5. The fourth-order valence-electron chi connectivity index (χ4n) is 4.59. The van der Waals surface area contributed by atoms with Crippen LogP contribution in [0.25, 0.3) is 21.5 Å². The number of amides is 1. The molecule has 1 amide bonds. The van der Waals surface area contributed by atoms with Gasteiger partial charge >= 0.3 is 0 Å². The first-order valence-corrected chi connectivity index (χ1v) is 16.8. The fourth-order valence-corrected chi connectivity index (χ4v) is 6.22. The maximum absolute atomic E-state index is 12.0. The molecule has 0 aromatic heterocycles. The van der Waals surface area contributed by atoms with Gasteiger partial charge in [-0.05, 0) is 66.0 Å². The van der Waals surface area contributed by atoms with E-state index in [0.717, 1.165) is 24.3 Å². The van der Waals surface area contributed by atoms with Crippen molar-refractivity contribution >= 4 is 88.2 Å². The zero-order valence-corrected chi connectivity index (χ0v) is 27.0. The third kappa shape index (κ3) is 7.43. The number of benzene rings is 5. The van der Waals surface area contributed by atoms with Crippen LogP contribution >= 0.6 is 12.0 Å². The number of hydrogen-bond acceptors (Lipinski definition) is 16. The van der Waals surface area contributed by atoms with Crippen molar-refractivity contribution < 1.29 is 55.2 Å². The normalized spacial score (nSPS) is 12.4. The van der Waals surface area contributed by atoms with Crippen molar-refractivity contribution in [3.63, 3.8) is 0 Å². The second kappa shape index (κ2) is 13.7. The van der Waals surface area contributed by atoms with Gasteiger partial charge in [-0.25, -0.2) is 5.26 Å². The molecule has 8 N–H and O–H groups in total. The summed E-state index contributed by atoms with van der Waals surface area (Å²) in [7, 11) is -8.05. The summed E-state index contributed by atoms with van der Waals surface area (Å²) >= 11 is 0.343. The fraction of sp³-hybridized carbons (Fsp3) is 0.0357. The predicted molar refractivity (Wildman–Crippen MR) is 174 cm³/mol.